The third-order valence-corrected chi connectivity index (χ3v) is 7.65. The van der Waals surface area contributed by atoms with Gasteiger partial charge >= 0.3 is 0 Å². The van der Waals surface area contributed by atoms with E-state index in [1.807, 2.05) is 67.0 Å². The molecule has 6 rings (SSSR count). The molecule has 0 fully saturated rings. The van der Waals surface area contributed by atoms with E-state index >= 15 is 0 Å². The SMILES string of the molecule is CCCOc1ccc(-c2nn(-c3ccccc3)cc2/C=c2\sc3nc(/C=C/c4cccs4)nn3c2=O)cc1F. The second-order valence-electron chi connectivity index (χ2n) is 8.64. The van der Waals surface area contributed by atoms with Crippen LogP contribution in [-0.4, -0.2) is 31.0 Å². The Hall–Kier alpha value is -4.41. The summed E-state index contributed by atoms with van der Waals surface area (Å²) in [7, 11) is 0. The van der Waals surface area contributed by atoms with Gasteiger partial charge in [-0.15, -0.1) is 16.4 Å². The summed E-state index contributed by atoms with van der Waals surface area (Å²) in [6, 6.07) is 18.4. The zero-order valence-corrected chi connectivity index (χ0v) is 22.5. The van der Waals surface area contributed by atoms with Crippen LogP contribution >= 0.6 is 22.7 Å². The molecule has 6 aromatic rings. The highest BCUT2D eigenvalue weighted by Crippen LogP contribution is 2.29. The number of hydrogen-bond acceptors (Lipinski definition) is 7. The van der Waals surface area contributed by atoms with Crippen molar-refractivity contribution < 1.29 is 9.13 Å². The number of rotatable bonds is 8. The van der Waals surface area contributed by atoms with E-state index in [4.69, 9.17) is 9.84 Å². The second kappa shape index (κ2) is 10.8. The first-order chi connectivity index (χ1) is 19.1. The molecule has 0 N–H and O–H groups in total. The van der Waals surface area contributed by atoms with Crippen molar-refractivity contribution in [3.05, 3.63) is 109 Å². The fourth-order valence-corrected chi connectivity index (χ4v) is 5.53. The molecular weight excluding hydrogens is 533 g/mol. The van der Waals surface area contributed by atoms with Crippen LogP contribution in [0.1, 0.15) is 29.6 Å². The third kappa shape index (κ3) is 5.16. The van der Waals surface area contributed by atoms with Gasteiger partial charge in [0.2, 0.25) is 4.96 Å². The number of nitrogens with zero attached hydrogens (tertiary/aromatic N) is 5. The molecular formula is C29H22FN5O2S2. The van der Waals surface area contributed by atoms with E-state index in [1.165, 1.54) is 21.9 Å². The molecule has 7 nitrogen and oxygen atoms in total. The van der Waals surface area contributed by atoms with E-state index in [-0.39, 0.29) is 11.3 Å². The Morgan fingerprint density at radius 3 is 2.67 bits per heavy atom. The fraction of sp³-hybridized carbons (Fsp3) is 0.103. The molecule has 0 aliphatic heterocycles. The first kappa shape index (κ1) is 24.9. The molecule has 0 amide bonds. The summed E-state index contributed by atoms with van der Waals surface area (Å²) in [5, 5.41) is 11.1. The van der Waals surface area contributed by atoms with Gasteiger partial charge in [-0.3, -0.25) is 4.79 Å². The highest BCUT2D eigenvalue weighted by molar-refractivity contribution is 7.15. The maximum absolute atomic E-state index is 14.9. The number of thiophene rings is 1. The van der Waals surface area contributed by atoms with Crippen LogP contribution in [0.5, 0.6) is 5.75 Å². The van der Waals surface area contributed by atoms with Crippen LogP contribution in [0.2, 0.25) is 0 Å². The van der Waals surface area contributed by atoms with Crippen LogP contribution < -0.4 is 14.8 Å². The highest BCUT2D eigenvalue weighted by Gasteiger charge is 2.16. The van der Waals surface area contributed by atoms with Crippen molar-refractivity contribution in [2.45, 2.75) is 13.3 Å². The maximum atomic E-state index is 14.9. The normalized spacial score (nSPS) is 12.2. The lowest BCUT2D eigenvalue weighted by Crippen LogP contribution is -2.23. The van der Waals surface area contributed by atoms with Crippen molar-refractivity contribution in [2.24, 2.45) is 0 Å². The zero-order valence-electron chi connectivity index (χ0n) is 20.8. The lowest BCUT2D eigenvalue weighted by molar-refractivity contribution is 0.301. The molecule has 0 unspecified atom stereocenters. The average Bonchev–Trinajstić information content (AvgIpc) is 3.74. The van der Waals surface area contributed by atoms with Crippen LogP contribution in [0.4, 0.5) is 4.39 Å². The summed E-state index contributed by atoms with van der Waals surface area (Å²) in [6.07, 6.45) is 8.08. The van der Waals surface area contributed by atoms with Gasteiger partial charge in [0, 0.05) is 22.2 Å². The summed E-state index contributed by atoms with van der Waals surface area (Å²) in [4.78, 5) is 19.3. The summed E-state index contributed by atoms with van der Waals surface area (Å²) < 4.78 is 23.8. The zero-order chi connectivity index (χ0) is 26.8. The molecule has 0 radical (unpaired) electrons. The van der Waals surface area contributed by atoms with E-state index in [1.54, 1.807) is 40.3 Å². The van der Waals surface area contributed by atoms with Gasteiger partial charge in [0.15, 0.2) is 17.4 Å². The Morgan fingerprint density at radius 2 is 1.92 bits per heavy atom. The monoisotopic (exact) mass is 555 g/mol. The minimum atomic E-state index is -0.465. The van der Waals surface area contributed by atoms with Crippen LogP contribution in [0.15, 0.2) is 77.0 Å². The van der Waals surface area contributed by atoms with Crippen molar-refractivity contribution in [3.63, 3.8) is 0 Å². The topological polar surface area (TPSA) is 74.3 Å². The predicted molar refractivity (Wildman–Crippen MR) is 154 cm³/mol. The minimum absolute atomic E-state index is 0.199. The molecule has 0 aliphatic rings. The van der Waals surface area contributed by atoms with Crippen molar-refractivity contribution >= 4 is 45.9 Å². The quantitative estimate of drug-likeness (QED) is 0.241. The van der Waals surface area contributed by atoms with E-state index in [0.29, 0.717) is 38.7 Å². The first-order valence-corrected chi connectivity index (χ1v) is 14.0. The minimum Gasteiger partial charge on any atom is -0.491 e. The third-order valence-electron chi connectivity index (χ3n) is 5.85. The standard InChI is InChI=1S/C29H22FN5O2S2/c1-2-14-37-24-12-10-19(16-23(24)30)27-20(18-34(33-27)21-7-4-3-5-8-21)17-25-28(36)35-29(39-25)31-26(32-35)13-11-22-9-6-15-38-22/h3-13,15-18H,2,14H2,1H3/b13-11+,25-17-. The second-order valence-corrected chi connectivity index (χ2v) is 10.6. The molecule has 0 atom stereocenters. The largest absolute Gasteiger partial charge is 0.491 e. The van der Waals surface area contributed by atoms with Gasteiger partial charge in [0.05, 0.1) is 16.8 Å². The molecule has 0 spiro atoms. The van der Waals surface area contributed by atoms with Crippen molar-refractivity contribution in [1.29, 1.82) is 0 Å². The number of hydrogen-bond donors (Lipinski definition) is 0. The predicted octanol–water partition coefficient (Wildman–Crippen LogP) is 5.71. The van der Waals surface area contributed by atoms with E-state index in [2.05, 4.69) is 10.1 Å². The average molecular weight is 556 g/mol. The Kier molecular flexibility index (Phi) is 6.87. The molecule has 2 aromatic carbocycles. The fourth-order valence-electron chi connectivity index (χ4n) is 4.01. The highest BCUT2D eigenvalue weighted by atomic mass is 32.1. The number of halogens is 1. The van der Waals surface area contributed by atoms with Gasteiger partial charge in [-0.25, -0.2) is 9.07 Å². The maximum Gasteiger partial charge on any atom is 0.291 e. The summed E-state index contributed by atoms with van der Waals surface area (Å²) in [5.74, 6) is 0.203. The number of thiazole rings is 1. The molecule has 39 heavy (non-hydrogen) atoms. The van der Waals surface area contributed by atoms with Crippen LogP contribution in [0.25, 0.3) is 40.1 Å². The Labute approximate surface area is 230 Å². The molecule has 10 heteroatoms. The van der Waals surface area contributed by atoms with Gasteiger partial charge in [-0.1, -0.05) is 42.5 Å². The molecule has 194 valence electrons. The van der Waals surface area contributed by atoms with Crippen LogP contribution in [0.3, 0.4) is 0 Å². The number of fused-ring (bicyclic) bond motifs is 1. The van der Waals surface area contributed by atoms with E-state index in [0.717, 1.165) is 17.0 Å². The number of ether oxygens (including phenoxy) is 1. The van der Waals surface area contributed by atoms with Gasteiger partial charge in [0.1, 0.15) is 5.69 Å². The molecule has 0 bridgehead atoms. The van der Waals surface area contributed by atoms with Crippen molar-refractivity contribution in [3.8, 4) is 22.7 Å². The lowest BCUT2D eigenvalue weighted by Gasteiger charge is -2.07. The Bertz CT molecular complexity index is 1890. The summed E-state index contributed by atoms with van der Waals surface area (Å²) >= 11 is 2.86. The first-order valence-electron chi connectivity index (χ1n) is 12.3. The van der Waals surface area contributed by atoms with E-state index in [9.17, 15) is 9.18 Å². The van der Waals surface area contributed by atoms with Crippen LogP contribution in [0, 0.1) is 5.82 Å². The number of aromatic nitrogens is 5. The lowest BCUT2D eigenvalue weighted by atomic mass is 10.1. The van der Waals surface area contributed by atoms with Crippen molar-refractivity contribution in [2.75, 3.05) is 6.61 Å². The van der Waals surface area contributed by atoms with Gasteiger partial charge in [-0.05, 0) is 66.4 Å². The Balaban J connectivity index is 1.42. The molecule has 4 heterocycles. The summed E-state index contributed by atoms with van der Waals surface area (Å²) in [5.41, 5.74) is 2.35. The van der Waals surface area contributed by atoms with Gasteiger partial charge in [0.25, 0.3) is 5.56 Å². The van der Waals surface area contributed by atoms with Gasteiger partial charge < -0.3 is 4.74 Å². The molecule has 0 aliphatic carbocycles. The van der Waals surface area contributed by atoms with E-state index < -0.39 is 5.82 Å². The van der Waals surface area contributed by atoms with Crippen molar-refractivity contribution in [1.82, 2.24) is 24.4 Å². The summed E-state index contributed by atoms with van der Waals surface area (Å²) in [6.45, 7) is 2.40. The molecule has 4 aromatic heterocycles. The number of para-hydroxylation sites is 1. The Morgan fingerprint density at radius 1 is 1.05 bits per heavy atom. The van der Waals surface area contributed by atoms with Crippen LogP contribution in [-0.2, 0) is 0 Å². The molecule has 0 saturated carbocycles. The molecule has 0 saturated heterocycles. The number of benzene rings is 2. The van der Waals surface area contributed by atoms with Gasteiger partial charge in [-0.2, -0.15) is 14.6 Å². The smallest absolute Gasteiger partial charge is 0.291 e.